The van der Waals surface area contributed by atoms with Gasteiger partial charge in [-0.2, -0.15) is 0 Å². The topological polar surface area (TPSA) is 15.3 Å². The van der Waals surface area contributed by atoms with Crippen molar-refractivity contribution in [2.75, 3.05) is 19.6 Å². The van der Waals surface area contributed by atoms with Crippen molar-refractivity contribution in [1.29, 1.82) is 0 Å². The van der Waals surface area contributed by atoms with Gasteiger partial charge < -0.3 is 5.32 Å². The van der Waals surface area contributed by atoms with E-state index in [-0.39, 0.29) is 5.82 Å². The molecule has 0 aromatic heterocycles. The van der Waals surface area contributed by atoms with Crippen molar-refractivity contribution in [3.63, 3.8) is 0 Å². The molecular weight excluding hydrogens is 271 g/mol. The highest BCUT2D eigenvalue weighted by molar-refractivity contribution is 9.10. The van der Waals surface area contributed by atoms with Gasteiger partial charge in [0.25, 0.3) is 0 Å². The smallest absolute Gasteiger partial charge is 0.137 e. The van der Waals surface area contributed by atoms with Gasteiger partial charge in [0.05, 0.1) is 4.47 Å². The molecule has 0 amide bonds. The SMILES string of the molecule is C[C@H]1CN(Cc2ccc(Br)c(F)c2)CCN1. The summed E-state index contributed by atoms with van der Waals surface area (Å²) in [7, 11) is 0. The maximum atomic E-state index is 13.3. The predicted molar refractivity (Wildman–Crippen MR) is 66.8 cm³/mol. The van der Waals surface area contributed by atoms with Gasteiger partial charge in [-0.25, -0.2) is 4.39 Å². The van der Waals surface area contributed by atoms with Crippen molar-refractivity contribution >= 4 is 15.9 Å². The van der Waals surface area contributed by atoms with Crippen molar-refractivity contribution in [3.8, 4) is 0 Å². The Labute approximate surface area is 104 Å². The monoisotopic (exact) mass is 286 g/mol. The summed E-state index contributed by atoms with van der Waals surface area (Å²) in [5.74, 6) is -0.180. The Morgan fingerprint density at radius 3 is 3.06 bits per heavy atom. The first-order valence-corrected chi connectivity index (χ1v) is 6.34. The third-order valence-corrected chi connectivity index (χ3v) is 3.49. The minimum atomic E-state index is -0.180. The number of halogens is 2. The molecule has 1 aliphatic rings. The molecule has 1 atom stereocenters. The molecule has 2 nitrogen and oxygen atoms in total. The lowest BCUT2D eigenvalue weighted by atomic mass is 10.1. The van der Waals surface area contributed by atoms with E-state index in [1.807, 2.05) is 6.07 Å². The molecule has 2 rings (SSSR count). The Bertz CT molecular complexity index is 370. The van der Waals surface area contributed by atoms with E-state index in [2.05, 4.69) is 33.1 Å². The molecular formula is C12H16BrFN2. The molecule has 1 aromatic rings. The number of hydrogen-bond donors (Lipinski definition) is 1. The van der Waals surface area contributed by atoms with E-state index in [1.165, 1.54) is 0 Å². The molecule has 0 unspecified atom stereocenters. The van der Waals surface area contributed by atoms with Crippen LogP contribution in [-0.4, -0.2) is 30.6 Å². The molecule has 0 spiro atoms. The minimum Gasteiger partial charge on any atom is -0.312 e. The van der Waals surface area contributed by atoms with Crippen molar-refractivity contribution in [2.45, 2.75) is 19.5 Å². The first-order chi connectivity index (χ1) is 7.65. The van der Waals surface area contributed by atoms with Crippen LogP contribution in [0.25, 0.3) is 0 Å². The normalized spacial score (nSPS) is 22.3. The van der Waals surface area contributed by atoms with E-state index in [9.17, 15) is 4.39 Å². The standard InChI is InChI=1S/C12H16BrFN2/c1-9-7-16(5-4-15-9)8-10-2-3-11(13)12(14)6-10/h2-3,6,9,15H,4-5,7-8H2,1H3/t9-/m0/s1. The van der Waals surface area contributed by atoms with E-state index in [4.69, 9.17) is 0 Å². The number of nitrogens with zero attached hydrogens (tertiary/aromatic N) is 1. The first kappa shape index (κ1) is 12.0. The van der Waals surface area contributed by atoms with Crippen LogP contribution in [0, 0.1) is 5.82 Å². The fourth-order valence-electron chi connectivity index (χ4n) is 2.05. The zero-order valence-electron chi connectivity index (χ0n) is 9.34. The van der Waals surface area contributed by atoms with Crippen LogP contribution >= 0.6 is 15.9 Å². The van der Waals surface area contributed by atoms with E-state index in [0.717, 1.165) is 31.7 Å². The number of hydrogen-bond acceptors (Lipinski definition) is 2. The highest BCUT2D eigenvalue weighted by Gasteiger charge is 2.15. The third-order valence-electron chi connectivity index (χ3n) is 2.84. The van der Waals surface area contributed by atoms with Gasteiger partial charge in [-0.15, -0.1) is 0 Å². The zero-order chi connectivity index (χ0) is 11.5. The molecule has 0 bridgehead atoms. The Hall–Kier alpha value is -0.450. The molecule has 0 radical (unpaired) electrons. The van der Waals surface area contributed by atoms with E-state index >= 15 is 0 Å². The summed E-state index contributed by atoms with van der Waals surface area (Å²) in [6.45, 7) is 6.07. The van der Waals surface area contributed by atoms with Crippen LogP contribution in [0.1, 0.15) is 12.5 Å². The molecule has 1 fully saturated rings. The third kappa shape index (κ3) is 3.03. The van der Waals surface area contributed by atoms with Crippen molar-refractivity contribution in [1.82, 2.24) is 10.2 Å². The van der Waals surface area contributed by atoms with E-state index in [1.54, 1.807) is 12.1 Å². The Morgan fingerprint density at radius 2 is 2.38 bits per heavy atom. The molecule has 16 heavy (non-hydrogen) atoms. The van der Waals surface area contributed by atoms with Crippen LogP contribution in [0.4, 0.5) is 4.39 Å². The van der Waals surface area contributed by atoms with E-state index < -0.39 is 0 Å². The zero-order valence-corrected chi connectivity index (χ0v) is 10.9. The van der Waals surface area contributed by atoms with Gasteiger partial charge in [0.1, 0.15) is 5.82 Å². The number of rotatable bonds is 2. The molecule has 88 valence electrons. The highest BCUT2D eigenvalue weighted by atomic mass is 79.9. The average molecular weight is 287 g/mol. The Morgan fingerprint density at radius 1 is 1.56 bits per heavy atom. The summed E-state index contributed by atoms with van der Waals surface area (Å²) in [5, 5.41) is 3.39. The number of piperazine rings is 1. The summed E-state index contributed by atoms with van der Waals surface area (Å²) in [6, 6.07) is 5.88. The summed E-state index contributed by atoms with van der Waals surface area (Å²) in [5.41, 5.74) is 1.04. The molecule has 1 heterocycles. The second-order valence-corrected chi connectivity index (χ2v) is 5.19. The summed E-state index contributed by atoms with van der Waals surface area (Å²) in [6.07, 6.45) is 0. The van der Waals surface area contributed by atoms with Crippen LogP contribution in [0.5, 0.6) is 0 Å². The fourth-order valence-corrected chi connectivity index (χ4v) is 2.30. The highest BCUT2D eigenvalue weighted by Crippen LogP contribution is 2.17. The van der Waals surface area contributed by atoms with Crippen LogP contribution in [-0.2, 0) is 6.54 Å². The molecule has 1 N–H and O–H groups in total. The largest absolute Gasteiger partial charge is 0.312 e. The van der Waals surface area contributed by atoms with Crippen LogP contribution in [0.2, 0.25) is 0 Å². The fraction of sp³-hybridized carbons (Fsp3) is 0.500. The maximum absolute atomic E-state index is 13.3. The summed E-state index contributed by atoms with van der Waals surface area (Å²) >= 11 is 3.17. The molecule has 1 saturated heterocycles. The summed E-state index contributed by atoms with van der Waals surface area (Å²) < 4.78 is 13.9. The van der Waals surface area contributed by atoms with Crippen molar-refractivity contribution in [3.05, 3.63) is 34.1 Å². The van der Waals surface area contributed by atoms with Gasteiger partial charge in [0.2, 0.25) is 0 Å². The second-order valence-electron chi connectivity index (χ2n) is 4.34. The van der Waals surface area contributed by atoms with Crippen molar-refractivity contribution in [2.24, 2.45) is 0 Å². The van der Waals surface area contributed by atoms with Gasteiger partial charge in [-0.3, -0.25) is 4.90 Å². The lowest BCUT2D eigenvalue weighted by Crippen LogP contribution is -2.48. The van der Waals surface area contributed by atoms with Crippen LogP contribution in [0.3, 0.4) is 0 Å². The van der Waals surface area contributed by atoms with Crippen LogP contribution in [0.15, 0.2) is 22.7 Å². The lowest BCUT2D eigenvalue weighted by Gasteiger charge is -2.31. The molecule has 0 saturated carbocycles. The van der Waals surface area contributed by atoms with E-state index in [0.29, 0.717) is 10.5 Å². The van der Waals surface area contributed by atoms with Gasteiger partial charge in [-0.1, -0.05) is 6.07 Å². The van der Waals surface area contributed by atoms with Gasteiger partial charge >= 0.3 is 0 Å². The Balaban J connectivity index is 2.00. The summed E-state index contributed by atoms with van der Waals surface area (Å²) in [4.78, 5) is 2.35. The first-order valence-electron chi connectivity index (χ1n) is 5.55. The average Bonchev–Trinajstić information content (AvgIpc) is 2.24. The molecule has 4 heteroatoms. The van der Waals surface area contributed by atoms with Gasteiger partial charge in [0.15, 0.2) is 0 Å². The minimum absolute atomic E-state index is 0.180. The van der Waals surface area contributed by atoms with Crippen molar-refractivity contribution < 1.29 is 4.39 Å². The molecule has 0 aliphatic carbocycles. The quantitative estimate of drug-likeness (QED) is 0.898. The number of nitrogens with one attached hydrogen (secondary N) is 1. The number of benzene rings is 1. The van der Waals surface area contributed by atoms with Gasteiger partial charge in [0, 0.05) is 32.2 Å². The Kier molecular flexibility index (Phi) is 3.95. The van der Waals surface area contributed by atoms with Crippen LogP contribution < -0.4 is 5.32 Å². The predicted octanol–water partition coefficient (Wildman–Crippen LogP) is 2.38. The maximum Gasteiger partial charge on any atom is 0.137 e. The molecule has 1 aliphatic heterocycles. The lowest BCUT2D eigenvalue weighted by molar-refractivity contribution is 0.199. The second kappa shape index (κ2) is 5.25. The van der Waals surface area contributed by atoms with Gasteiger partial charge in [-0.05, 0) is 40.5 Å². The molecule has 1 aromatic carbocycles.